The van der Waals surface area contributed by atoms with E-state index in [0.717, 1.165) is 25.7 Å². The van der Waals surface area contributed by atoms with Crippen LogP contribution in [0.25, 0.3) is 0 Å². The third-order valence-corrected chi connectivity index (χ3v) is 2.61. The van der Waals surface area contributed by atoms with Crippen LogP contribution in [-0.4, -0.2) is 47.4 Å². The fourth-order valence-electron chi connectivity index (χ4n) is 1.73. The van der Waals surface area contributed by atoms with Gasteiger partial charge in [0.15, 0.2) is 0 Å². The number of hydrogen-bond acceptors (Lipinski definition) is 3. The van der Waals surface area contributed by atoms with Gasteiger partial charge in [0.05, 0.1) is 0 Å². The summed E-state index contributed by atoms with van der Waals surface area (Å²) in [5.74, 6) is -1.14. The Balaban J connectivity index is 3.80. The molecule has 0 aliphatic carbocycles. The molecule has 19 heavy (non-hydrogen) atoms. The van der Waals surface area contributed by atoms with Crippen molar-refractivity contribution in [3.8, 4) is 0 Å². The van der Waals surface area contributed by atoms with Crippen LogP contribution in [0.3, 0.4) is 0 Å². The fourth-order valence-corrected chi connectivity index (χ4v) is 1.73. The molecule has 0 aromatic rings. The molecular weight excluding hydrogens is 248 g/mol. The minimum atomic E-state index is -0.979. The number of carboxylic acid groups (broad SMARTS) is 1. The standard InChI is InChI=1S/C13H24N2O4/c1-3-9-15(10-13(18)19)12(17)7-5-4-6-8-14-11(2)16/h3-10H2,1-2H3,(H,14,16)(H,18,19). The minimum Gasteiger partial charge on any atom is -0.480 e. The highest BCUT2D eigenvalue weighted by Crippen LogP contribution is 2.04. The number of hydrogen-bond donors (Lipinski definition) is 2. The first kappa shape index (κ1) is 17.4. The predicted octanol–water partition coefficient (Wildman–Crippen LogP) is 1.01. The van der Waals surface area contributed by atoms with Gasteiger partial charge in [-0.15, -0.1) is 0 Å². The number of aliphatic carboxylic acids is 1. The molecule has 0 spiro atoms. The van der Waals surface area contributed by atoms with Gasteiger partial charge in [-0.1, -0.05) is 13.3 Å². The summed E-state index contributed by atoms with van der Waals surface area (Å²) in [6.07, 6.45) is 3.52. The van der Waals surface area contributed by atoms with Gasteiger partial charge in [-0.05, 0) is 19.3 Å². The van der Waals surface area contributed by atoms with Crippen molar-refractivity contribution in [2.45, 2.75) is 46.0 Å². The summed E-state index contributed by atoms with van der Waals surface area (Å²) in [4.78, 5) is 34.4. The fraction of sp³-hybridized carbons (Fsp3) is 0.769. The maximum atomic E-state index is 11.8. The Kier molecular flexibility index (Phi) is 9.48. The summed E-state index contributed by atoms with van der Waals surface area (Å²) in [6.45, 7) is 4.26. The van der Waals surface area contributed by atoms with Crippen LogP contribution in [0.2, 0.25) is 0 Å². The first-order valence-corrected chi connectivity index (χ1v) is 6.71. The highest BCUT2D eigenvalue weighted by atomic mass is 16.4. The van der Waals surface area contributed by atoms with Gasteiger partial charge in [0.1, 0.15) is 6.54 Å². The van der Waals surface area contributed by atoms with E-state index < -0.39 is 5.97 Å². The molecule has 0 saturated heterocycles. The normalized spacial score (nSPS) is 10.0. The summed E-state index contributed by atoms with van der Waals surface area (Å²) < 4.78 is 0. The lowest BCUT2D eigenvalue weighted by molar-refractivity contribution is -0.144. The lowest BCUT2D eigenvalue weighted by atomic mass is 10.1. The van der Waals surface area contributed by atoms with Gasteiger partial charge in [-0.3, -0.25) is 14.4 Å². The second-order valence-electron chi connectivity index (χ2n) is 4.50. The first-order valence-electron chi connectivity index (χ1n) is 6.71. The molecule has 2 amide bonds. The Bertz CT molecular complexity index is 305. The smallest absolute Gasteiger partial charge is 0.323 e. The van der Waals surface area contributed by atoms with Gasteiger partial charge in [0.2, 0.25) is 11.8 Å². The maximum absolute atomic E-state index is 11.8. The molecule has 0 aromatic carbocycles. The molecule has 0 aliphatic rings. The van der Waals surface area contributed by atoms with Crippen molar-refractivity contribution < 1.29 is 19.5 Å². The second kappa shape index (κ2) is 10.3. The molecule has 0 radical (unpaired) electrons. The van der Waals surface area contributed by atoms with Crippen molar-refractivity contribution in [2.24, 2.45) is 0 Å². The van der Waals surface area contributed by atoms with Gasteiger partial charge in [0, 0.05) is 26.4 Å². The van der Waals surface area contributed by atoms with Gasteiger partial charge < -0.3 is 15.3 Å². The molecule has 0 fully saturated rings. The van der Waals surface area contributed by atoms with E-state index in [4.69, 9.17) is 5.11 Å². The molecule has 6 nitrogen and oxygen atoms in total. The molecule has 0 atom stereocenters. The van der Waals surface area contributed by atoms with E-state index >= 15 is 0 Å². The molecule has 0 bridgehead atoms. The zero-order valence-corrected chi connectivity index (χ0v) is 11.8. The molecule has 0 unspecified atom stereocenters. The minimum absolute atomic E-state index is 0.0494. The van der Waals surface area contributed by atoms with Crippen molar-refractivity contribution in [2.75, 3.05) is 19.6 Å². The quantitative estimate of drug-likeness (QED) is 0.581. The van der Waals surface area contributed by atoms with E-state index in [2.05, 4.69) is 5.32 Å². The average molecular weight is 272 g/mol. The van der Waals surface area contributed by atoms with Crippen LogP contribution in [0.15, 0.2) is 0 Å². The Morgan fingerprint density at radius 3 is 2.37 bits per heavy atom. The van der Waals surface area contributed by atoms with Crippen molar-refractivity contribution in [3.05, 3.63) is 0 Å². The number of nitrogens with one attached hydrogen (secondary N) is 1. The zero-order chi connectivity index (χ0) is 14.7. The van der Waals surface area contributed by atoms with Crippen LogP contribution in [0.4, 0.5) is 0 Å². The predicted molar refractivity (Wildman–Crippen MR) is 71.7 cm³/mol. The summed E-state index contributed by atoms with van der Waals surface area (Å²) in [5.41, 5.74) is 0. The van der Waals surface area contributed by atoms with Crippen LogP contribution in [0.5, 0.6) is 0 Å². The number of rotatable bonds is 10. The van der Waals surface area contributed by atoms with E-state index in [9.17, 15) is 14.4 Å². The van der Waals surface area contributed by atoms with Crippen LogP contribution < -0.4 is 5.32 Å². The highest BCUT2D eigenvalue weighted by Gasteiger charge is 2.14. The number of nitrogens with zero attached hydrogens (tertiary/aromatic N) is 1. The Labute approximate surface area is 114 Å². The monoisotopic (exact) mass is 272 g/mol. The third kappa shape index (κ3) is 10.1. The second-order valence-corrected chi connectivity index (χ2v) is 4.50. The number of carbonyl (C=O) groups is 3. The van der Waals surface area contributed by atoms with Crippen molar-refractivity contribution in [3.63, 3.8) is 0 Å². The molecule has 0 aromatic heterocycles. The van der Waals surface area contributed by atoms with Crippen LogP contribution in [0.1, 0.15) is 46.0 Å². The summed E-state index contributed by atoms with van der Waals surface area (Å²) in [6, 6.07) is 0. The van der Waals surface area contributed by atoms with E-state index in [-0.39, 0.29) is 18.4 Å². The van der Waals surface area contributed by atoms with E-state index in [0.29, 0.717) is 19.5 Å². The van der Waals surface area contributed by atoms with E-state index in [1.807, 2.05) is 6.92 Å². The molecule has 0 rings (SSSR count). The lowest BCUT2D eigenvalue weighted by Gasteiger charge is -2.19. The molecule has 2 N–H and O–H groups in total. The van der Waals surface area contributed by atoms with E-state index in [1.165, 1.54) is 11.8 Å². The number of carbonyl (C=O) groups excluding carboxylic acids is 2. The van der Waals surface area contributed by atoms with E-state index in [1.54, 1.807) is 0 Å². The lowest BCUT2D eigenvalue weighted by Crippen LogP contribution is -2.36. The van der Waals surface area contributed by atoms with Gasteiger partial charge in [-0.25, -0.2) is 0 Å². The Hall–Kier alpha value is -1.59. The Morgan fingerprint density at radius 2 is 1.84 bits per heavy atom. The topological polar surface area (TPSA) is 86.7 Å². The van der Waals surface area contributed by atoms with Crippen LogP contribution in [0, 0.1) is 0 Å². The Morgan fingerprint density at radius 1 is 1.16 bits per heavy atom. The average Bonchev–Trinajstić information content (AvgIpc) is 2.31. The molecule has 0 saturated carbocycles. The molecule has 0 aliphatic heterocycles. The third-order valence-electron chi connectivity index (χ3n) is 2.61. The number of unbranched alkanes of at least 4 members (excludes halogenated alkanes) is 2. The number of carboxylic acids is 1. The zero-order valence-electron chi connectivity index (χ0n) is 11.8. The first-order chi connectivity index (χ1) is 8.97. The molecular formula is C13H24N2O4. The molecule has 6 heteroatoms. The number of amides is 2. The summed E-state index contributed by atoms with van der Waals surface area (Å²) >= 11 is 0. The maximum Gasteiger partial charge on any atom is 0.323 e. The van der Waals surface area contributed by atoms with Gasteiger partial charge >= 0.3 is 5.97 Å². The van der Waals surface area contributed by atoms with Crippen molar-refractivity contribution in [1.29, 1.82) is 0 Å². The summed E-state index contributed by atoms with van der Waals surface area (Å²) in [5, 5.41) is 11.4. The molecule has 110 valence electrons. The highest BCUT2D eigenvalue weighted by molar-refractivity contribution is 5.81. The molecule has 0 heterocycles. The summed E-state index contributed by atoms with van der Waals surface area (Å²) in [7, 11) is 0. The largest absolute Gasteiger partial charge is 0.480 e. The van der Waals surface area contributed by atoms with Gasteiger partial charge in [-0.2, -0.15) is 0 Å². The van der Waals surface area contributed by atoms with Crippen LogP contribution in [-0.2, 0) is 14.4 Å². The van der Waals surface area contributed by atoms with Crippen LogP contribution >= 0.6 is 0 Å². The SMILES string of the molecule is CCCN(CC(=O)O)C(=O)CCCCCNC(C)=O. The van der Waals surface area contributed by atoms with Gasteiger partial charge in [0.25, 0.3) is 0 Å². The van der Waals surface area contributed by atoms with Crippen molar-refractivity contribution >= 4 is 17.8 Å². The van der Waals surface area contributed by atoms with Crippen molar-refractivity contribution in [1.82, 2.24) is 10.2 Å².